The van der Waals surface area contributed by atoms with Crippen molar-refractivity contribution in [2.75, 3.05) is 25.1 Å². The molecule has 1 rings (SSSR count). The summed E-state index contributed by atoms with van der Waals surface area (Å²) in [5, 5.41) is 9.31. The first-order valence-electron chi connectivity index (χ1n) is 5.46. The second-order valence-electron chi connectivity index (χ2n) is 3.68. The van der Waals surface area contributed by atoms with Crippen LogP contribution in [0.4, 0.5) is 5.95 Å². The Balaban J connectivity index is 2.74. The highest BCUT2D eigenvalue weighted by Gasteiger charge is 2.10. The fourth-order valence-electron chi connectivity index (χ4n) is 1.17. The van der Waals surface area contributed by atoms with Crippen molar-refractivity contribution in [3.8, 4) is 6.01 Å². The maximum absolute atomic E-state index is 9.21. The molecule has 17 heavy (non-hydrogen) atoms. The van der Waals surface area contributed by atoms with Gasteiger partial charge in [0.2, 0.25) is 11.2 Å². The van der Waals surface area contributed by atoms with E-state index in [0.717, 1.165) is 0 Å². The summed E-state index contributed by atoms with van der Waals surface area (Å²) in [6.45, 7) is 4.68. The van der Waals surface area contributed by atoms with Gasteiger partial charge in [-0.2, -0.15) is 15.0 Å². The average Bonchev–Trinajstić information content (AvgIpc) is 2.25. The zero-order valence-corrected chi connectivity index (χ0v) is 11.0. The average molecular weight is 261 g/mol. The van der Waals surface area contributed by atoms with Gasteiger partial charge in [-0.25, -0.2) is 0 Å². The molecule has 0 fully saturated rings. The van der Waals surface area contributed by atoms with Crippen molar-refractivity contribution in [2.45, 2.75) is 26.4 Å². The normalized spacial score (nSPS) is 12.3. The molecule has 0 aliphatic rings. The molecule has 1 aromatic rings. The van der Waals surface area contributed by atoms with Gasteiger partial charge < -0.3 is 14.7 Å². The van der Waals surface area contributed by atoms with Crippen molar-refractivity contribution in [3.63, 3.8) is 0 Å². The standard InChI is InChI=1S/C10H17ClN4O2/c1-4-17-10-13-8(11)12-9(14-10)15(3)6-5-7(2)16/h7,16H,4-6H2,1-3H3. The van der Waals surface area contributed by atoms with Crippen LogP contribution in [0.2, 0.25) is 5.28 Å². The van der Waals surface area contributed by atoms with E-state index in [-0.39, 0.29) is 17.4 Å². The summed E-state index contributed by atoms with van der Waals surface area (Å²) in [4.78, 5) is 13.8. The quantitative estimate of drug-likeness (QED) is 0.827. The molecular weight excluding hydrogens is 244 g/mol. The van der Waals surface area contributed by atoms with Crippen molar-refractivity contribution >= 4 is 17.5 Å². The Hall–Kier alpha value is -1.14. The van der Waals surface area contributed by atoms with Crippen LogP contribution in [0.15, 0.2) is 0 Å². The van der Waals surface area contributed by atoms with E-state index in [9.17, 15) is 5.11 Å². The molecule has 1 aromatic heterocycles. The molecule has 0 bridgehead atoms. The van der Waals surface area contributed by atoms with Gasteiger partial charge in [0.05, 0.1) is 12.7 Å². The largest absolute Gasteiger partial charge is 0.464 e. The van der Waals surface area contributed by atoms with Crippen molar-refractivity contribution < 1.29 is 9.84 Å². The minimum absolute atomic E-state index is 0.0994. The molecule has 6 nitrogen and oxygen atoms in total. The topological polar surface area (TPSA) is 71.4 Å². The Bertz CT molecular complexity index is 362. The van der Waals surface area contributed by atoms with E-state index < -0.39 is 0 Å². The highest BCUT2D eigenvalue weighted by molar-refractivity contribution is 6.28. The number of nitrogens with zero attached hydrogens (tertiary/aromatic N) is 4. The highest BCUT2D eigenvalue weighted by Crippen LogP contribution is 2.14. The van der Waals surface area contributed by atoms with Gasteiger partial charge in [-0.1, -0.05) is 0 Å². The van der Waals surface area contributed by atoms with Crippen LogP contribution in [0, 0.1) is 0 Å². The number of halogens is 1. The smallest absolute Gasteiger partial charge is 0.322 e. The lowest BCUT2D eigenvalue weighted by atomic mass is 10.3. The number of aliphatic hydroxyl groups is 1. The van der Waals surface area contributed by atoms with Crippen molar-refractivity contribution in [3.05, 3.63) is 5.28 Å². The van der Waals surface area contributed by atoms with Gasteiger partial charge in [0.1, 0.15) is 0 Å². The van der Waals surface area contributed by atoms with E-state index in [1.807, 2.05) is 14.0 Å². The minimum atomic E-state index is -0.360. The Morgan fingerprint density at radius 2 is 2.12 bits per heavy atom. The summed E-state index contributed by atoms with van der Waals surface area (Å²) in [5.41, 5.74) is 0. The number of rotatable bonds is 6. The van der Waals surface area contributed by atoms with Gasteiger partial charge in [-0.3, -0.25) is 0 Å². The van der Waals surface area contributed by atoms with E-state index in [1.54, 1.807) is 11.8 Å². The molecule has 1 atom stereocenters. The maximum atomic E-state index is 9.21. The Morgan fingerprint density at radius 3 is 2.71 bits per heavy atom. The first kappa shape index (κ1) is 13.9. The molecule has 7 heteroatoms. The fraction of sp³-hybridized carbons (Fsp3) is 0.700. The first-order chi connectivity index (χ1) is 8.02. The zero-order chi connectivity index (χ0) is 12.8. The summed E-state index contributed by atoms with van der Waals surface area (Å²) >= 11 is 5.77. The third kappa shape index (κ3) is 4.70. The predicted octanol–water partition coefficient (Wildman–Crippen LogP) is 1.13. The molecule has 1 N–H and O–H groups in total. The second kappa shape index (κ2) is 6.56. The van der Waals surface area contributed by atoms with E-state index in [2.05, 4.69) is 15.0 Å². The minimum Gasteiger partial charge on any atom is -0.464 e. The number of hydrogen-bond acceptors (Lipinski definition) is 6. The monoisotopic (exact) mass is 260 g/mol. The second-order valence-corrected chi connectivity index (χ2v) is 4.02. The fourth-order valence-corrected chi connectivity index (χ4v) is 1.31. The van der Waals surface area contributed by atoms with Crippen molar-refractivity contribution in [2.24, 2.45) is 0 Å². The summed E-state index contributed by atoms with van der Waals surface area (Å²) in [6.07, 6.45) is 0.269. The van der Waals surface area contributed by atoms with Gasteiger partial charge in [-0.15, -0.1) is 0 Å². The lowest BCUT2D eigenvalue weighted by Crippen LogP contribution is -2.24. The van der Waals surface area contributed by atoms with Gasteiger partial charge in [-0.05, 0) is 31.9 Å². The van der Waals surface area contributed by atoms with Crippen LogP contribution in [0.3, 0.4) is 0 Å². The Kier molecular flexibility index (Phi) is 5.37. The molecule has 0 radical (unpaired) electrons. The number of hydrogen-bond donors (Lipinski definition) is 1. The van der Waals surface area contributed by atoms with Crippen molar-refractivity contribution in [1.29, 1.82) is 0 Å². The number of ether oxygens (including phenoxy) is 1. The Labute approximate surface area is 106 Å². The number of anilines is 1. The van der Waals surface area contributed by atoms with Crippen LogP contribution >= 0.6 is 11.6 Å². The summed E-state index contributed by atoms with van der Waals surface area (Å²) in [7, 11) is 1.82. The molecule has 0 saturated carbocycles. The molecule has 0 aromatic carbocycles. The van der Waals surface area contributed by atoms with Crippen molar-refractivity contribution in [1.82, 2.24) is 15.0 Å². The molecule has 0 saturated heterocycles. The number of aromatic nitrogens is 3. The molecule has 0 aliphatic carbocycles. The van der Waals surface area contributed by atoms with Gasteiger partial charge in [0, 0.05) is 13.6 Å². The first-order valence-corrected chi connectivity index (χ1v) is 5.84. The summed E-state index contributed by atoms with van der Waals surface area (Å²) < 4.78 is 5.18. The van der Waals surface area contributed by atoms with E-state index in [4.69, 9.17) is 16.3 Å². The van der Waals surface area contributed by atoms with Crippen LogP contribution in [-0.4, -0.2) is 46.4 Å². The molecule has 96 valence electrons. The van der Waals surface area contributed by atoms with Crippen LogP contribution in [-0.2, 0) is 0 Å². The van der Waals surface area contributed by atoms with Gasteiger partial charge in [0.25, 0.3) is 0 Å². The number of aliphatic hydroxyl groups excluding tert-OH is 1. The van der Waals surface area contributed by atoms with Gasteiger partial charge >= 0.3 is 6.01 Å². The summed E-state index contributed by atoms with van der Waals surface area (Å²) in [6, 6.07) is 0.214. The third-order valence-electron chi connectivity index (χ3n) is 2.07. The molecule has 1 heterocycles. The van der Waals surface area contributed by atoms with E-state index in [0.29, 0.717) is 25.5 Å². The van der Waals surface area contributed by atoms with E-state index in [1.165, 1.54) is 0 Å². The molecular formula is C10H17ClN4O2. The molecule has 1 unspecified atom stereocenters. The predicted molar refractivity (Wildman–Crippen MR) is 65.6 cm³/mol. The van der Waals surface area contributed by atoms with E-state index >= 15 is 0 Å². The highest BCUT2D eigenvalue weighted by atomic mass is 35.5. The molecule has 0 spiro atoms. The van der Waals surface area contributed by atoms with Crippen LogP contribution in [0.25, 0.3) is 0 Å². The van der Waals surface area contributed by atoms with Crippen LogP contribution in [0.1, 0.15) is 20.3 Å². The lowest BCUT2D eigenvalue weighted by molar-refractivity contribution is 0.186. The van der Waals surface area contributed by atoms with Crippen LogP contribution < -0.4 is 9.64 Å². The third-order valence-corrected chi connectivity index (χ3v) is 2.24. The summed E-state index contributed by atoms with van der Waals surface area (Å²) in [5.74, 6) is 0.439. The zero-order valence-electron chi connectivity index (χ0n) is 10.2. The van der Waals surface area contributed by atoms with Crippen LogP contribution in [0.5, 0.6) is 6.01 Å². The molecule has 0 amide bonds. The van der Waals surface area contributed by atoms with Gasteiger partial charge in [0.15, 0.2) is 0 Å². The molecule has 0 aliphatic heterocycles. The lowest BCUT2D eigenvalue weighted by Gasteiger charge is -2.18. The SMILES string of the molecule is CCOc1nc(Cl)nc(N(C)CCC(C)O)n1. The Morgan fingerprint density at radius 1 is 1.41 bits per heavy atom. The maximum Gasteiger partial charge on any atom is 0.322 e.